The van der Waals surface area contributed by atoms with Crippen LogP contribution in [0.1, 0.15) is 80.6 Å². The van der Waals surface area contributed by atoms with Gasteiger partial charge in [0.2, 0.25) is 0 Å². The number of carboxylic acid groups (broad SMARTS) is 1. The van der Waals surface area contributed by atoms with Crippen molar-refractivity contribution in [3.8, 4) is 0 Å². The molecule has 3 atom stereocenters. The molecular formula is C20H36O4. The van der Waals surface area contributed by atoms with Gasteiger partial charge < -0.3 is 9.84 Å². The molecule has 2 bridgehead atoms. The summed E-state index contributed by atoms with van der Waals surface area (Å²) in [5.74, 6) is 0.688. The molecule has 140 valence electrons. The molecule has 0 aliphatic heterocycles. The largest absolute Gasteiger partial charge is 0.481 e. The predicted molar refractivity (Wildman–Crippen MR) is 95.7 cm³/mol. The minimum atomic E-state index is -0.713. The normalized spacial score (nSPS) is 30.2. The molecule has 2 aliphatic carbocycles. The van der Waals surface area contributed by atoms with E-state index in [0.29, 0.717) is 17.8 Å². The summed E-state index contributed by atoms with van der Waals surface area (Å²) in [6.45, 7) is 14.9. The lowest BCUT2D eigenvalue weighted by Crippen LogP contribution is -2.38. The maximum absolute atomic E-state index is 11.8. The van der Waals surface area contributed by atoms with Gasteiger partial charge in [0.25, 0.3) is 0 Å². The SMILES string of the molecule is CC(C)CC(=O)O.CC(C)CC(=O)OC1CC2CCC1(C)C2(C)C. The summed E-state index contributed by atoms with van der Waals surface area (Å²) in [5, 5.41) is 8.08. The third kappa shape index (κ3) is 4.73. The van der Waals surface area contributed by atoms with E-state index in [-0.39, 0.29) is 29.8 Å². The van der Waals surface area contributed by atoms with Gasteiger partial charge in [-0.15, -0.1) is 0 Å². The highest BCUT2D eigenvalue weighted by Crippen LogP contribution is 2.66. The van der Waals surface area contributed by atoms with Crippen LogP contribution in [-0.4, -0.2) is 23.1 Å². The van der Waals surface area contributed by atoms with E-state index in [4.69, 9.17) is 9.84 Å². The van der Waals surface area contributed by atoms with Gasteiger partial charge >= 0.3 is 11.9 Å². The van der Waals surface area contributed by atoms with Crippen molar-refractivity contribution in [2.24, 2.45) is 28.6 Å². The molecule has 2 rings (SSSR count). The van der Waals surface area contributed by atoms with Crippen LogP contribution in [0.4, 0.5) is 0 Å². The Morgan fingerprint density at radius 1 is 1.08 bits per heavy atom. The first-order chi connectivity index (χ1) is 10.9. The fourth-order valence-corrected chi connectivity index (χ4v) is 4.20. The summed E-state index contributed by atoms with van der Waals surface area (Å²) < 4.78 is 5.76. The highest BCUT2D eigenvalue weighted by molar-refractivity contribution is 5.70. The average molecular weight is 341 g/mol. The Bertz CT molecular complexity index is 453. The monoisotopic (exact) mass is 340 g/mol. The van der Waals surface area contributed by atoms with Crippen molar-refractivity contribution in [1.82, 2.24) is 0 Å². The number of carbonyl (C=O) groups is 2. The second-order valence-electron chi connectivity index (χ2n) is 9.18. The van der Waals surface area contributed by atoms with Gasteiger partial charge in [0, 0.05) is 18.3 Å². The lowest BCUT2D eigenvalue weighted by molar-refractivity contribution is -0.157. The lowest BCUT2D eigenvalue weighted by Gasteiger charge is -2.38. The number of rotatable bonds is 5. The lowest BCUT2D eigenvalue weighted by atomic mass is 9.70. The van der Waals surface area contributed by atoms with Crippen molar-refractivity contribution in [2.45, 2.75) is 86.7 Å². The number of carbonyl (C=O) groups excluding carboxylic acids is 1. The molecule has 1 N–H and O–H groups in total. The van der Waals surface area contributed by atoms with Crippen molar-refractivity contribution in [3.05, 3.63) is 0 Å². The molecule has 2 saturated carbocycles. The van der Waals surface area contributed by atoms with Crippen LogP contribution in [0.25, 0.3) is 0 Å². The molecule has 24 heavy (non-hydrogen) atoms. The number of hydrogen-bond acceptors (Lipinski definition) is 3. The Balaban J connectivity index is 0.000000351. The number of esters is 1. The topological polar surface area (TPSA) is 63.6 Å². The molecule has 4 nitrogen and oxygen atoms in total. The first-order valence-electron chi connectivity index (χ1n) is 9.31. The minimum Gasteiger partial charge on any atom is -0.481 e. The number of hydrogen-bond donors (Lipinski definition) is 1. The second kappa shape index (κ2) is 7.88. The molecule has 4 heteroatoms. The minimum absolute atomic E-state index is 0.00502. The maximum Gasteiger partial charge on any atom is 0.306 e. The Morgan fingerprint density at radius 3 is 1.92 bits per heavy atom. The van der Waals surface area contributed by atoms with Crippen LogP contribution in [0.15, 0.2) is 0 Å². The molecule has 0 heterocycles. The van der Waals surface area contributed by atoms with E-state index in [2.05, 4.69) is 34.6 Å². The van der Waals surface area contributed by atoms with Crippen molar-refractivity contribution in [2.75, 3.05) is 0 Å². The van der Waals surface area contributed by atoms with E-state index < -0.39 is 5.97 Å². The fourth-order valence-electron chi connectivity index (χ4n) is 4.20. The standard InChI is InChI=1S/C15H26O2.C5H10O2/c1-10(2)8-13(16)17-12-9-11-6-7-15(12,5)14(11,3)4;1-4(2)3-5(6)7/h10-12H,6-9H2,1-5H3;4H,3H2,1-2H3,(H,6,7). The molecule has 0 radical (unpaired) electrons. The zero-order chi connectivity index (χ0) is 18.7. The van der Waals surface area contributed by atoms with Gasteiger partial charge in [0.15, 0.2) is 0 Å². The van der Waals surface area contributed by atoms with E-state index in [1.807, 2.05) is 13.8 Å². The maximum atomic E-state index is 11.8. The molecule has 0 aromatic heterocycles. The number of fused-ring (bicyclic) bond motifs is 2. The zero-order valence-electron chi connectivity index (χ0n) is 16.5. The Hall–Kier alpha value is -1.06. The summed E-state index contributed by atoms with van der Waals surface area (Å²) in [5.41, 5.74) is 0.528. The number of aliphatic carboxylic acids is 1. The van der Waals surface area contributed by atoms with Crippen molar-refractivity contribution in [1.29, 1.82) is 0 Å². The Morgan fingerprint density at radius 2 is 1.62 bits per heavy atom. The average Bonchev–Trinajstić information content (AvgIpc) is 2.69. The summed E-state index contributed by atoms with van der Waals surface area (Å²) in [6, 6.07) is 0. The Labute approximate surface area is 147 Å². The van der Waals surface area contributed by atoms with Gasteiger partial charge in [-0.3, -0.25) is 9.59 Å². The third-order valence-corrected chi connectivity index (χ3v) is 6.15. The van der Waals surface area contributed by atoms with Crippen LogP contribution >= 0.6 is 0 Å². The van der Waals surface area contributed by atoms with Crippen LogP contribution < -0.4 is 0 Å². The first-order valence-corrected chi connectivity index (χ1v) is 9.31. The summed E-state index contributed by atoms with van der Waals surface area (Å²) in [4.78, 5) is 21.6. The second-order valence-corrected chi connectivity index (χ2v) is 9.18. The summed E-state index contributed by atoms with van der Waals surface area (Å²) >= 11 is 0. The van der Waals surface area contributed by atoms with Crippen LogP contribution in [0.3, 0.4) is 0 Å². The van der Waals surface area contributed by atoms with Crippen molar-refractivity contribution in [3.63, 3.8) is 0 Å². The molecule has 0 amide bonds. The molecule has 2 fully saturated rings. The van der Waals surface area contributed by atoms with E-state index in [1.165, 1.54) is 12.8 Å². The van der Waals surface area contributed by atoms with Gasteiger partial charge in [-0.1, -0.05) is 48.5 Å². The van der Waals surface area contributed by atoms with Gasteiger partial charge in [0.1, 0.15) is 6.10 Å². The van der Waals surface area contributed by atoms with Crippen LogP contribution in [0, 0.1) is 28.6 Å². The number of ether oxygens (including phenoxy) is 1. The quantitative estimate of drug-likeness (QED) is 0.722. The van der Waals surface area contributed by atoms with Gasteiger partial charge in [0.05, 0.1) is 0 Å². The fraction of sp³-hybridized carbons (Fsp3) is 0.900. The summed E-state index contributed by atoms with van der Waals surface area (Å²) in [6.07, 6.45) is 4.58. The predicted octanol–water partition coefficient (Wildman–Crippen LogP) is 4.91. The molecule has 0 spiro atoms. The molecule has 3 unspecified atom stereocenters. The first kappa shape index (κ1) is 21.0. The van der Waals surface area contributed by atoms with E-state index in [0.717, 1.165) is 12.3 Å². The zero-order valence-corrected chi connectivity index (χ0v) is 16.5. The Kier molecular flexibility index (Phi) is 6.89. The molecule has 2 aliphatic rings. The van der Waals surface area contributed by atoms with Crippen LogP contribution in [0.5, 0.6) is 0 Å². The van der Waals surface area contributed by atoms with E-state index in [1.54, 1.807) is 0 Å². The molecule has 0 aromatic carbocycles. The van der Waals surface area contributed by atoms with Crippen molar-refractivity contribution < 1.29 is 19.4 Å². The van der Waals surface area contributed by atoms with Gasteiger partial charge in [-0.05, 0) is 42.4 Å². The highest BCUT2D eigenvalue weighted by Gasteiger charge is 2.62. The van der Waals surface area contributed by atoms with E-state index in [9.17, 15) is 9.59 Å². The smallest absolute Gasteiger partial charge is 0.306 e. The molecule has 0 aromatic rings. The van der Waals surface area contributed by atoms with E-state index >= 15 is 0 Å². The van der Waals surface area contributed by atoms with Gasteiger partial charge in [-0.25, -0.2) is 0 Å². The third-order valence-electron chi connectivity index (χ3n) is 6.15. The molecular weight excluding hydrogens is 304 g/mol. The van der Waals surface area contributed by atoms with Crippen molar-refractivity contribution >= 4 is 11.9 Å². The highest BCUT2D eigenvalue weighted by atomic mass is 16.5. The molecule has 0 saturated heterocycles. The number of carboxylic acids is 1. The van der Waals surface area contributed by atoms with Crippen LogP contribution in [0.2, 0.25) is 0 Å². The van der Waals surface area contributed by atoms with Gasteiger partial charge in [-0.2, -0.15) is 0 Å². The summed E-state index contributed by atoms with van der Waals surface area (Å²) in [7, 11) is 0. The van der Waals surface area contributed by atoms with Crippen LogP contribution in [-0.2, 0) is 14.3 Å².